The first-order chi connectivity index (χ1) is 14.1. The number of hydrogen-bond donors (Lipinski definition) is 1. The van der Waals surface area contributed by atoms with Gasteiger partial charge in [-0.25, -0.2) is 4.79 Å². The summed E-state index contributed by atoms with van der Waals surface area (Å²) >= 11 is 1.49. The van der Waals surface area contributed by atoms with Crippen molar-refractivity contribution in [2.75, 3.05) is 26.1 Å². The molecule has 1 aromatic carbocycles. The molecule has 156 valence electrons. The van der Waals surface area contributed by atoms with Crippen LogP contribution in [-0.2, 0) is 17.6 Å². The van der Waals surface area contributed by atoms with Crippen LogP contribution < -0.4 is 14.8 Å². The van der Waals surface area contributed by atoms with Crippen molar-refractivity contribution in [2.45, 2.75) is 45.4 Å². The standard InChI is InChI=1S/C22H27NO5S/c1-4-12-28-22(25)19-15-8-6-5-7-9-18(15)29-21(19)23-20(24)14-10-11-16(26-2)17(13-14)27-3/h10-11,13H,4-9,12H2,1-3H3,(H,23,24). The van der Waals surface area contributed by atoms with Crippen molar-refractivity contribution in [2.24, 2.45) is 0 Å². The van der Waals surface area contributed by atoms with E-state index in [0.29, 0.717) is 34.2 Å². The molecule has 0 saturated carbocycles. The van der Waals surface area contributed by atoms with Gasteiger partial charge in [-0.3, -0.25) is 4.79 Å². The molecule has 29 heavy (non-hydrogen) atoms. The lowest BCUT2D eigenvalue weighted by molar-refractivity contribution is 0.0505. The average Bonchev–Trinajstić information content (AvgIpc) is 2.91. The van der Waals surface area contributed by atoms with Crippen molar-refractivity contribution in [3.8, 4) is 11.5 Å². The minimum absolute atomic E-state index is 0.299. The Kier molecular flexibility index (Phi) is 7.14. The molecule has 0 bridgehead atoms. The Labute approximate surface area is 175 Å². The number of anilines is 1. The molecule has 0 aliphatic heterocycles. The number of methoxy groups -OCH3 is 2. The summed E-state index contributed by atoms with van der Waals surface area (Å²) in [7, 11) is 3.07. The molecule has 2 aromatic rings. The molecule has 1 heterocycles. The molecule has 0 spiro atoms. The SMILES string of the molecule is CCCOC(=O)c1c(NC(=O)c2ccc(OC)c(OC)c2)sc2c1CCCCC2. The Bertz CT molecular complexity index is 890. The molecule has 3 rings (SSSR count). The van der Waals surface area contributed by atoms with Gasteiger partial charge in [-0.2, -0.15) is 0 Å². The third-order valence-electron chi connectivity index (χ3n) is 4.94. The monoisotopic (exact) mass is 417 g/mol. The van der Waals surface area contributed by atoms with Crippen LogP contribution in [0.5, 0.6) is 11.5 Å². The van der Waals surface area contributed by atoms with Crippen LogP contribution in [0, 0.1) is 0 Å². The van der Waals surface area contributed by atoms with Crippen molar-refractivity contribution in [3.05, 3.63) is 39.8 Å². The van der Waals surface area contributed by atoms with Gasteiger partial charge < -0.3 is 19.5 Å². The molecule has 1 aliphatic carbocycles. The Morgan fingerprint density at radius 3 is 2.55 bits per heavy atom. The highest BCUT2D eigenvalue weighted by molar-refractivity contribution is 7.17. The zero-order chi connectivity index (χ0) is 20.8. The van der Waals surface area contributed by atoms with Gasteiger partial charge in [-0.15, -0.1) is 11.3 Å². The number of fused-ring (bicyclic) bond motifs is 1. The van der Waals surface area contributed by atoms with E-state index in [1.165, 1.54) is 23.3 Å². The van der Waals surface area contributed by atoms with Crippen LogP contribution >= 0.6 is 11.3 Å². The highest BCUT2D eigenvalue weighted by atomic mass is 32.1. The lowest BCUT2D eigenvalue weighted by atomic mass is 10.1. The Morgan fingerprint density at radius 2 is 1.83 bits per heavy atom. The number of thiophene rings is 1. The first kappa shape index (κ1) is 21.2. The van der Waals surface area contributed by atoms with E-state index in [4.69, 9.17) is 14.2 Å². The molecule has 0 radical (unpaired) electrons. The van der Waals surface area contributed by atoms with E-state index in [1.54, 1.807) is 25.3 Å². The third kappa shape index (κ3) is 4.72. The van der Waals surface area contributed by atoms with E-state index >= 15 is 0 Å². The normalized spacial score (nSPS) is 13.2. The number of hydrogen-bond acceptors (Lipinski definition) is 6. The predicted octanol–water partition coefficient (Wildman–Crippen LogP) is 4.85. The minimum atomic E-state index is -0.353. The van der Waals surface area contributed by atoms with Gasteiger partial charge in [-0.05, 0) is 55.9 Å². The summed E-state index contributed by atoms with van der Waals surface area (Å²) in [5.41, 5.74) is 1.99. The first-order valence-electron chi connectivity index (χ1n) is 9.94. The number of rotatable bonds is 7. The number of nitrogens with one attached hydrogen (secondary N) is 1. The maximum absolute atomic E-state index is 12.9. The van der Waals surface area contributed by atoms with E-state index in [9.17, 15) is 9.59 Å². The fourth-order valence-electron chi connectivity index (χ4n) is 3.47. The molecule has 1 aromatic heterocycles. The highest BCUT2D eigenvalue weighted by Gasteiger charge is 2.27. The van der Waals surface area contributed by atoms with Crippen molar-refractivity contribution in [1.82, 2.24) is 0 Å². The number of carbonyl (C=O) groups excluding carboxylic acids is 2. The van der Waals surface area contributed by atoms with Crippen LogP contribution in [0.15, 0.2) is 18.2 Å². The largest absolute Gasteiger partial charge is 0.493 e. The number of esters is 1. The predicted molar refractivity (Wildman–Crippen MR) is 114 cm³/mol. The second-order valence-electron chi connectivity index (χ2n) is 6.93. The van der Waals surface area contributed by atoms with Gasteiger partial charge in [-0.1, -0.05) is 13.3 Å². The lowest BCUT2D eigenvalue weighted by Crippen LogP contribution is -2.15. The summed E-state index contributed by atoms with van der Waals surface area (Å²) in [4.78, 5) is 26.8. The van der Waals surface area contributed by atoms with Gasteiger partial charge in [0, 0.05) is 10.4 Å². The van der Waals surface area contributed by atoms with Crippen LogP contribution in [0.2, 0.25) is 0 Å². The molecule has 7 heteroatoms. The molecular weight excluding hydrogens is 390 g/mol. The summed E-state index contributed by atoms with van der Waals surface area (Å²) in [5, 5.41) is 3.50. The molecule has 1 N–H and O–H groups in total. The number of carbonyl (C=O) groups is 2. The Hall–Kier alpha value is -2.54. The summed E-state index contributed by atoms with van der Waals surface area (Å²) in [6, 6.07) is 4.99. The molecular formula is C22H27NO5S. The quantitative estimate of drug-likeness (QED) is 0.515. The van der Waals surface area contributed by atoms with Crippen molar-refractivity contribution in [1.29, 1.82) is 0 Å². The van der Waals surface area contributed by atoms with E-state index in [0.717, 1.165) is 44.1 Å². The molecule has 0 saturated heterocycles. The van der Waals surface area contributed by atoms with E-state index in [-0.39, 0.29) is 11.9 Å². The number of amides is 1. The van der Waals surface area contributed by atoms with Crippen LogP contribution in [0.1, 0.15) is 63.8 Å². The Balaban J connectivity index is 1.91. The molecule has 6 nitrogen and oxygen atoms in total. The summed E-state index contributed by atoms with van der Waals surface area (Å²) < 4.78 is 15.9. The second kappa shape index (κ2) is 9.78. The zero-order valence-corrected chi connectivity index (χ0v) is 17.9. The third-order valence-corrected chi connectivity index (χ3v) is 6.14. The van der Waals surface area contributed by atoms with Gasteiger partial charge in [0.2, 0.25) is 0 Å². The molecule has 0 fully saturated rings. The van der Waals surface area contributed by atoms with Gasteiger partial charge in [0.15, 0.2) is 11.5 Å². The number of ether oxygens (including phenoxy) is 3. The number of aryl methyl sites for hydroxylation is 1. The molecule has 0 unspecified atom stereocenters. The maximum Gasteiger partial charge on any atom is 0.341 e. The van der Waals surface area contributed by atoms with Gasteiger partial charge in [0.1, 0.15) is 5.00 Å². The zero-order valence-electron chi connectivity index (χ0n) is 17.1. The van der Waals surface area contributed by atoms with E-state index in [2.05, 4.69) is 5.32 Å². The van der Waals surface area contributed by atoms with Crippen LogP contribution in [-0.4, -0.2) is 32.7 Å². The second-order valence-corrected chi connectivity index (χ2v) is 8.03. The van der Waals surface area contributed by atoms with Crippen LogP contribution in [0.25, 0.3) is 0 Å². The maximum atomic E-state index is 12.9. The summed E-state index contributed by atoms with van der Waals surface area (Å²) in [6.07, 6.45) is 5.82. The smallest absolute Gasteiger partial charge is 0.341 e. The lowest BCUT2D eigenvalue weighted by Gasteiger charge is -2.11. The van der Waals surface area contributed by atoms with Gasteiger partial charge in [0.25, 0.3) is 5.91 Å². The van der Waals surface area contributed by atoms with Crippen LogP contribution in [0.4, 0.5) is 5.00 Å². The molecule has 0 atom stereocenters. The number of benzene rings is 1. The van der Waals surface area contributed by atoms with E-state index in [1.807, 2.05) is 6.92 Å². The average molecular weight is 418 g/mol. The summed E-state index contributed by atoms with van der Waals surface area (Å²) in [5.74, 6) is 0.376. The fraction of sp³-hybridized carbons (Fsp3) is 0.455. The Morgan fingerprint density at radius 1 is 1.07 bits per heavy atom. The first-order valence-corrected chi connectivity index (χ1v) is 10.8. The highest BCUT2D eigenvalue weighted by Crippen LogP contribution is 2.38. The van der Waals surface area contributed by atoms with Crippen molar-refractivity contribution >= 4 is 28.2 Å². The van der Waals surface area contributed by atoms with E-state index < -0.39 is 0 Å². The summed E-state index contributed by atoms with van der Waals surface area (Å²) in [6.45, 7) is 2.33. The topological polar surface area (TPSA) is 73.9 Å². The van der Waals surface area contributed by atoms with Crippen LogP contribution in [0.3, 0.4) is 0 Å². The van der Waals surface area contributed by atoms with Gasteiger partial charge in [0.05, 0.1) is 26.4 Å². The van der Waals surface area contributed by atoms with Crippen molar-refractivity contribution < 1.29 is 23.8 Å². The molecule has 1 aliphatic rings. The molecule has 1 amide bonds. The van der Waals surface area contributed by atoms with Crippen molar-refractivity contribution in [3.63, 3.8) is 0 Å². The fourth-order valence-corrected chi connectivity index (χ4v) is 4.74. The minimum Gasteiger partial charge on any atom is -0.493 e. The van der Waals surface area contributed by atoms with Gasteiger partial charge >= 0.3 is 5.97 Å².